The molecule has 1 amide bonds. The molecule has 1 aromatic heterocycles. The van der Waals surface area contributed by atoms with Gasteiger partial charge in [-0.25, -0.2) is 4.98 Å². The van der Waals surface area contributed by atoms with Gasteiger partial charge in [-0.3, -0.25) is 4.79 Å². The van der Waals surface area contributed by atoms with Crippen molar-refractivity contribution >= 4 is 5.91 Å². The number of imidazole rings is 1. The average Bonchev–Trinajstić information content (AvgIpc) is 3.14. The maximum absolute atomic E-state index is 12.9. The molecule has 1 aliphatic heterocycles. The Hall–Kier alpha value is -2.14. The predicted octanol–water partition coefficient (Wildman–Crippen LogP) is 3.13. The van der Waals surface area contributed by atoms with E-state index < -0.39 is 5.60 Å². The van der Waals surface area contributed by atoms with E-state index in [-0.39, 0.29) is 11.8 Å². The van der Waals surface area contributed by atoms with E-state index in [0.29, 0.717) is 13.0 Å². The number of carbonyl (C=O) groups is 1. The molecule has 25 heavy (non-hydrogen) atoms. The fraction of sp³-hybridized carbons (Fsp3) is 0.500. The highest BCUT2D eigenvalue weighted by Gasteiger charge is 2.26. The molecule has 1 aliphatic rings. The first kappa shape index (κ1) is 17.7. The number of aryl methyl sites for hydroxylation is 1. The van der Waals surface area contributed by atoms with Gasteiger partial charge in [0.15, 0.2) is 0 Å². The molecule has 0 spiro atoms. The molecule has 0 radical (unpaired) electrons. The summed E-state index contributed by atoms with van der Waals surface area (Å²) in [5, 5.41) is 9.90. The van der Waals surface area contributed by atoms with Crippen molar-refractivity contribution in [1.82, 2.24) is 14.9 Å². The Balaban J connectivity index is 1.68. The van der Waals surface area contributed by atoms with Crippen molar-refractivity contribution in [3.63, 3.8) is 0 Å². The number of benzene rings is 1. The van der Waals surface area contributed by atoms with Gasteiger partial charge in [0.25, 0.3) is 5.91 Å². The number of hydrogen-bond acceptors (Lipinski definition) is 3. The highest BCUT2D eigenvalue weighted by molar-refractivity contribution is 5.94. The second-order valence-corrected chi connectivity index (χ2v) is 7.58. The Labute approximate surface area is 149 Å². The van der Waals surface area contributed by atoms with Gasteiger partial charge in [-0.05, 0) is 57.2 Å². The third-order valence-corrected chi connectivity index (χ3v) is 4.81. The Bertz CT molecular complexity index is 704. The fourth-order valence-electron chi connectivity index (χ4n) is 3.38. The molecule has 5 nitrogen and oxygen atoms in total. The Kier molecular flexibility index (Phi) is 5.23. The molecule has 1 aromatic carbocycles. The van der Waals surface area contributed by atoms with E-state index in [1.54, 1.807) is 6.20 Å². The molecule has 5 heteroatoms. The van der Waals surface area contributed by atoms with Crippen LogP contribution in [0.3, 0.4) is 0 Å². The largest absolute Gasteiger partial charge is 0.390 e. The summed E-state index contributed by atoms with van der Waals surface area (Å²) < 4.78 is 0. The Morgan fingerprint density at radius 2 is 2.28 bits per heavy atom. The summed E-state index contributed by atoms with van der Waals surface area (Å²) >= 11 is 0. The number of aliphatic hydroxyl groups is 1. The number of likely N-dealkylation sites (tertiary alicyclic amines) is 1. The zero-order chi connectivity index (χ0) is 17.9. The van der Waals surface area contributed by atoms with Gasteiger partial charge in [0.05, 0.1) is 5.60 Å². The van der Waals surface area contributed by atoms with Crippen LogP contribution in [0.15, 0.2) is 36.7 Å². The normalized spacial score (nSPS) is 18.4. The second kappa shape index (κ2) is 7.40. The minimum atomic E-state index is -0.691. The van der Waals surface area contributed by atoms with Gasteiger partial charge in [0.1, 0.15) is 5.82 Å². The van der Waals surface area contributed by atoms with Gasteiger partial charge >= 0.3 is 0 Å². The second-order valence-electron chi connectivity index (χ2n) is 7.58. The van der Waals surface area contributed by atoms with Crippen molar-refractivity contribution < 1.29 is 9.90 Å². The van der Waals surface area contributed by atoms with Crippen molar-refractivity contribution in [2.45, 2.75) is 51.0 Å². The van der Waals surface area contributed by atoms with Crippen LogP contribution in [0.2, 0.25) is 0 Å². The lowest BCUT2D eigenvalue weighted by molar-refractivity contribution is 0.0704. The lowest BCUT2D eigenvalue weighted by Crippen LogP contribution is -2.39. The zero-order valence-corrected chi connectivity index (χ0v) is 15.0. The van der Waals surface area contributed by atoms with Gasteiger partial charge in [-0.15, -0.1) is 0 Å². The van der Waals surface area contributed by atoms with E-state index in [2.05, 4.69) is 9.97 Å². The summed E-state index contributed by atoms with van der Waals surface area (Å²) in [5.74, 6) is 1.34. The van der Waals surface area contributed by atoms with Crippen LogP contribution in [0.25, 0.3) is 0 Å². The summed E-state index contributed by atoms with van der Waals surface area (Å²) in [6, 6.07) is 7.79. The summed E-state index contributed by atoms with van der Waals surface area (Å²) in [5.41, 5.74) is 1.13. The summed E-state index contributed by atoms with van der Waals surface area (Å²) in [6.07, 6.45) is 7.09. The molecule has 2 aromatic rings. The Morgan fingerprint density at radius 1 is 1.44 bits per heavy atom. The number of carbonyl (C=O) groups excluding carboxylic acids is 1. The molecule has 134 valence electrons. The zero-order valence-electron chi connectivity index (χ0n) is 15.0. The van der Waals surface area contributed by atoms with Crippen LogP contribution in [0.1, 0.15) is 60.8 Å². The maximum atomic E-state index is 12.9. The van der Waals surface area contributed by atoms with Crippen molar-refractivity contribution in [3.8, 4) is 0 Å². The SMILES string of the molecule is CC(C)(O)CCc1cccc(C(=O)N2CCCC(c3ncc[nH]3)C2)c1. The number of amides is 1. The van der Waals surface area contributed by atoms with Crippen LogP contribution in [0.4, 0.5) is 0 Å². The minimum absolute atomic E-state index is 0.0846. The Morgan fingerprint density at radius 3 is 3.00 bits per heavy atom. The molecular formula is C20H27N3O2. The molecule has 0 aliphatic carbocycles. The van der Waals surface area contributed by atoms with Crippen LogP contribution in [0, 0.1) is 0 Å². The monoisotopic (exact) mass is 341 g/mol. The fourth-order valence-corrected chi connectivity index (χ4v) is 3.38. The predicted molar refractivity (Wildman–Crippen MR) is 97.5 cm³/mol. The highest BCUT2D eigenvalue weighted by atomic mass is 16.3. The molecule has 2 N–H and O–H groups in total. The number of nitrogens with one attached hydrogen (secondary N) is 1. The van der Waals surface area contributed by atoms with E-state index in [1.807, 2.05) is 49.2 Å². The van der Waals surface area contributed by atoms with Crippen molar-refractivity contribution in [3.05, 3.63) is 53.6 Å². The topological polar surface area (TPSA) is 69.2 Å². The molecule has 0 bridgehead atoms. The van der Waals surface area contributed by atoms with E-state index in [9.17, 15) is 9.90 Å². The quantitative estimate of drug-likeness (QED) is 0.878. The summed E-state index contributed by atoms with van der Waals surface area (Å²) in [6.45, 7) is 5.12. The van der Waals surface area contributed by atoms with Gasteiger partial charge in [-0.2, -0.15) is 0 Å². The van der Waals surface area contributed by atoms with Crippen LogP contribution in [0.5, 0.6) is 0 Å². The smallest absolute Gasteiger partial charge is 0.253 e. The van der Waals surface area contributed by atoms with E-state index in [1.165, 1.54) is 0 Å². The molecule has 1 unspecified atom stereocenters. The van der Waals surface area contributed by atoms with Gasteiger partial charge in [0.2, 0.25) is 0 Å². The number of hydrogen-bond donors (Lipinski definition) is 2. The van der Waals surface area contributed by atoms with Crippen LogP contribution in [-0.2, 0) is 6.42 Å². The third kappa shape index (κ3) is 4.69. The van der Waals surface area contributed by atoms with Crippen molar-refractivity contribution in [2.24, 2.45) is 0 Å². The van der Waals surface area contributed by atoms with Gasteiger partial charge in [-0.1, -0.05) is 12.1 Å². The first-order chi connectivity index (χ1) is 11.9. The number of H-pyrrole nitrogens is 1. The van der Waals surface area contributed by atoms with Crippen LogP contribution < -0.4 is 0 Å². The van der Waals surface area contributed by atoms with Gasteiger partial charge < -0.3 is 15.0 Å². The van der Waals surface area contributed by atoms with E-state index in [4.69, 9.17) is 0 Å². The molecule has 1 saturated heterocycles. The lowest BCUT2D eigenvalue weighted by Gasteiger charge is -2.32. The molecule has 3 rings (SSSR count). The number of nitrogens with zero attached hydrogens (tertiary/aromatic N) is 2. The van der Waals surface area contributed by atoms with Gasteiger partial charge in [0, 0.05) is 37.0 Å². The summed E-state index contributed by atoms with van der Waals surface area (Å²) in [7, 11) is 0. The van der Waals surface area contributed by atoms with Crippen LogP contribution in [-0.4, -0.2) is 44.6 Å². The molecular weight excluding hydrogens is 314 g/mol. The van der Waals surface area contributed by atoms with E-state index in [0.717, 1.165) is 42.8 Å². The standard InChI is InChI=1S/C20H27N3O2/c1-20(2,25)9-8-15-5-3-6-16(13-15)19(24)23-12-4-7-17(14-23)18-21-10-11-22-18/h3,5-6,10-11,13,17,25H,4,7-9,12,14H2,1-2H3,(H,21,22). The van der Waals surface area contributed by atoms with Crippen molar-refractivity contribution in [2.75, 3.05) is 13.1 Å². The minimum Gasteiger partial charge on any atom is -0.390 e. The first-order valence-corrected chi connectivity index (χ1v) is 9.02. The molecule has 1 atom stereocenters. The number of aromatic amines is 1. The highest BCUT2D eigenvalue weighted by Crippen LogP contribution is 2.25. The first-order valence-electron chi connectivity index (χ1n) is 9.02. The number of rotatable bonds is 5. The molecule has 0 saturated carbocycles. The lowest BCUT2D eigenvalue weighted by atomic mass is 9.95. The average molecular weight is 341 g/mol. The van der Waals surface area contributed by atoms with Crippen molar-refractivity contribution in [1.29, 1.82) is 0 Å². The summed E-state index contributed by atoms with van der Waals surface area (Å²) in [4.78, 5) is 22.4. The molecule has 1 fully saturated rings. The third-order valence-electron chi connectivity index (χ3n) is 4.81. The van der Waals surface area contributed by atoms with E-state index >= 15 is 0 Å². The maximum Gasteiger partial charge on any atom is 0.253 e. The number of aromatic nitrogens is 2. The number of piperidine rings is 1. The van der Waals surface area contributed by atoms with Crippen LogP contribution >= 0.6 is 0 Å². The molecule has 2 heterocycles.